The average Bonchev–Trinajstić information content (AvgIpc) is 2.64. The SMILES string of the molecule is CC1OCCC1(CO)Cc1ccc(Cl)cc1. The molecule has 0 bridgehead atoms. The Morgan fingerprint density at radius 2 is 2.12 bits per heavy atom. The summed E-state index contributed by atoms with van der Waals surface area (Å²) < 4.78 is 5.57. The van der Waals surface area contributed by atoms with E-state index in [1.807, 2.05) is 31.2 Å². The zero-order valence-corrected chi connectivity index (χ0v) is 10.2. The molecule has 2 atom stereocenters. The van der Waals surface area contributed by atoms with Crippen LogP contribution < -0.4 is 0 Å². The first-order chi connectivity index (χ1) is 7.66. The zero-order valence-electron chi connectivity index (χ0n) is 9.45. The van der Waals surface area contributed by atoms with Gasteiger partial charge in [0, 0.05) is 17.0 Å². The Morgan fingerprint density at radius 3 is 2.62 bits per heavy atom. The van der Waals surface area contributed by atoms with Crippen molar-refractivity contribution >= 4 is 11.6 Å². The molecule has 1 aromatic carbocycles. The van der Waals surface area contributed by atoms with Gasteiger partial charge < -0.3 is 9.84 Å². The maximum atomic E-state index is 9.60. The number of hydrogen-bond acceptors (Lipinski definition) is 2. The highest BCUT2D eigenvalue weighted by molar-refractivity contribution is 6.30. The highest BCUT2D eigenvalue weighted by Crippen LogP contribution is 2.37. The smallest absolute Gasteiger partial charge is 0.0629 e. The van der Waals surface area contributed by atoms with Crippen LogP contribution in [0.2, 0.25) is 5.02 Å². The number of hydrogen-bond donors (Lipinski definition) is 1. The van der Waals surface area contributed by atoms with Gasteiger partial charge in [-0.2, -0.15) is 0 Å². The van der Waals surface area contributed by atoms with E-state index in [0.717, 1.165) is 24.5 Å². The summed E-state index contributed by atoms with van der Waals surface area (Å²) in [5.41, 5.74) is 1.09. The van der Waals surface area contributed by atoms with Gasteiger partial charge in [0.2, 0.25) is 0 Å². The molecule has 1 N–H and O–H groups in total. The third-order valence-corrected chi connectivity index (χ3v) is 3.87. The number of aliphatic hydroxyl groups excluding tert-OH is 1. The Hall–Kier alpha value is -0.570. The van der Waals surface area contributed by atoms with Crippen molar-refractivity contribution in [2.75, 3.05) is 13.2 Å². The van der Waals surface area contributed by atoms with Crippen molar-refractivity contribution in [3.05, 3.63) is 34.9 Å². The van der Waals surface area contributed by atoms with E-state index in [2.05, 4.69) is 0 Å². The molecule has 2 unspecified atom stereocenters. The molecule has 0 saturated carbocycles. The summed E-state index contributed by atoms with van der Waals surface area (Å²) in [5.74, 6) is 0. The maximum Gasteiger partial charge on any atom is 0.0629 e. The highest BCUT2D eigenvalue weighted by atomic mass is 35.5. The maximum absolute atomic E-state index is 9.60. The van der Waals surface area contributed by atoms with E-state index >= 15 is 0 Å². The molecule has 2 rings (SSSR count). The molecule has 0 aromatic heterocycles. The normalized spacial score (nSPS) is 29.6. The summed E-state index contributed by atoms with van der Waals surface area (Å²) >= 11 is 5.85. The Bertz CT molecular complexity index is 349. The van der Waals surface area contributed by atoms with Crippen molar-refractivity contribution in [3.63, 3.8) is 0 Å². The molecule has 3 heteroatoms. The molecule has 1 fully saturated rings. The van der Waals surface area contributed by atoms with Gasteiger partial charge in [-0.15, -0.1) is 0 Å². The van der Waals surface area contributed by atoms with Crippen LogP contribution in [0.25, 0.3) is 0 Å². The summed E-state index contributed by atoms with van der Waals surface area (Å²) in [7, 11) is 0. The fraction of sp³-hybridized carbons (Fsp3) is 0.538. The Morgan fingerprint density at radius 1 is 1.44 bits per heavy atom. The molecule has 1 aliphatic rings. The Labute approximate surface area is 101 Å². The fourth-order valence-electron chi connectivity index (χ4n) is 2.32. The van der Waals surface area contributed by atoms with Gasteiger partial charge in [-0.1, -0.05) is 23.7 Å². The molecule has 0 spiro atoms. The van der Waals surface area contributed by atoms with Gasteiger partial charge in [0.25, 0.3) is 0 Å². The Balaban J connectivity index is 2.15. The van der Waals surface area contributed by atoms with Crippen LogP contribution in [-0.4, -0.2) is 24.4 Å². The van der Waals surface area contributed by atoms with Gasteiger partial charge >= 0.3 is 0 Å². The van der Waals surface area contributed by atoms with Crippen LogP contribution in [0.4, 0.5) is 0 Å². The van der Waals surface area contributed by atoms with Crippen molar-refractivity contribution in [3.8, 4) is 0 Å². The third-order valence-electron chi connectivity index (χ3n) is 3.61. The van der Waals surface area contributed by atoms with E-state index in [9.17, 15) is 5.11 Å². The van der Waals surface area contributed by atoms with E-state index in [4.69, 9.17) is 16.3 Å². The van der Waals surface area contributed by atoms with Crippen LogP contribution in [0.1, 0.15) is 18.9 Å². The van der Waals surface area contributed by atoms with Crippen molar-refractivity contribution in [1.29, 1.82) is 0 Å². The number of aliphatic hydroxyl groups is 1. The molecule has 1 aromatic rings. The lowest BCUT2D eigenvalue weighted by Gasteiger charge is -2.30. The first-order valence-electron chi connectivity index (χ1n) is 5.63. The number of halogens is 1. The number of ether oxygens (including phenoxy) is 1. The van der Waals surface area contributed by atoms with Gasteiger partial charge in [0.1, 0.15) is 0 Å². The number of benzene rings is 1. The van der Waals surface area contributed by atoms with Gasteiger partial charge in [0.15, 0.2) is 0 Å². The summed E-state index contributed by atoms with van der Waals surface area (Å²) in [6.07, 6.45) is 1.89. The standard InChI is InChI=1S/C13H17ClO2/c1-10-13(9-15,6-7-16-10)8-11-2-4-12(14)5-3-11/h2-5,10,15H,6-9H2,1H3. The molecule has 1 saturated heterocycles. The van der Waals surface area contributed by atoms with Crippen molar-refractivity contribution in [2.45, 2.75) is 25.9 Å². The molecule has 1 heterocycles. The van der Waals surface area contributed by atoms with Crippen LogP contribution in [0, 0.1) is 5.41 Å². The van der Waals surface area contributed by atoms with Crippen LogP contribution in [0.3, 0.4) is 0 Å². The van der Waals surface area contributed by atoms with E-state index in [-0.39, 0.29) is 18.1 Å². The molecule has 0 aliphatic carbocycles. The first kappa shape index (κ1) is 11.9. The van der Waals surface area contributed by atoms with E-state index in [0.29, 0.717) is 0 Å². The summed E-state index contributed by atoms with van der Waals surface area (Å²) in [4.78, 5) is 0. The zero-order chi connectivity index (χ0) is 11.6. The minimum Gasteiger partial charge on any atom is -0.396 e. The summed E-state index contributed by atoms with van der Waals surface area (Å²) in [6, 6.07) is 7.82. The van der Waals surface area contributed by atoms with Gasteiger partial charge in [-0.25, -0.2) is 0 Å². The topological polar surface area (TPSA) is 29.5 Å². The van der Waals surface area contributed by atoms with Crippen LogP contribution in [0.15, 0.2) is 24.3 Å². The van der Waals surface area contributed by atoms with Crippen LogP contribution in [-0.2, 0) is 11.2 Å². The lowest BCUT2D eigenvalue weighted by molar-refractivity contribution is 0.0272. The predicted molar refractivity (Wildman–Crippen MR) is 64.7 cm³/mol. The van der Waals surface area contributed by atoms with E-state index in [1.165, 1.54) is 5.56 Å². The quantitative estimate of drug-likeness (QED) is 0.880. The Kier molecular flexibility index (Phi) is 3.53. The molecule has 0 radical (unpaired) electrons. The van der Waals surface area contributed by atoms with Gasteiger partial charge in [-0.05, 0) is 37.5 Å². The second-order valence-corrected chi connectivity index (χ2v) is 5.02. The van der Waals surface area contributed by atoms with Crippen molar-refractivity contribution in [2.24, 2.45) is 5.41 Å². The summed E-state index contributed by atoms with van der Waals surface area (Å²) in [6.45, 7) is 2.96. The van der Waals surface area contributed by atoms with Crippen LogP contribution in [0.5, 0.6) is 0 Å². The van der Waals surface area contributed by atoms with Crippen LogP contribution >= 0.6 is 11.6 Å². The third kappa shape index (κ3) is 2.24. The fourth-order valence-corrected chi connectivity index (χ4v) is 2.45. The molecule has 0 amide bonds. The van der Waals surface area contributed by atoms with Gasteiger partial charge in [-0.3, -0.25) is 0 Å². The van der Waals surface area contributed by atoms with E-state index in [1.54, 1.807) is 0 Å². The lowest BCUT2D eigenvalue weighted by atomic mass is 9.77. The largest absolute Gasteiger partial charge is 0.396 e. The van der Waals surface area contributed by atoms with E-state index < -0.39 is 0 Å². The molecular formula is C13H17ClO2. The average molecular weight is 241 g/mol. The van der Waals surface area contributed by atoms with Crippen molar-refractivity contribution < 1.29 is 9.84 Å². The molecule has 16 heavy (non-hydrogen) atoms. The molecule has 2 nitrogen and oxygen atoms in total. The molecule has 1 aliphatic heterocycles. The molecular weight excluding hydrogens is 224 g/mol. The number of rotatable bonds is 3. The van der Waals surface area contributed by atoms with Crippen molar-refractivity contribution in [1.82, 2.24) is 0 Å². The first-order valence-corrected chi connectivity index (χ1v) is 6.01. The predicted octanol–water partition coefficient (Wildman–Crippen LogP) is 2.67. The second kappa shape index (κ2) is 4.74. The molecule has 88 valence electrons. The minimum absolute atomic E-state index is 0.117. The highest BCUT2D eigenvalue weighted by Gasteiger charge is 2.40. The second-order valence-electron chi connectivity index (χ2n) is 4.59. The lowest BCUT2D eigenvalue weighted by Crippen LogP contribution is -2.34. The monoisotopic (exact) mass is 240 g/mol. The summed E-state index contributed by atoms with van der Waals surface area (Å²) in [5, 5.41) is 10.3. The minimum atomic E-state index is -0.117. The van der Waals surface area contributed by atoms with Gasteiger partial charge in [0.05, 0.1) is 12.7 Å².